The molecule has 3 aliphatic rings. The molecule has 1 aromatic carbocycles. The van der Waals surface area contributed by atoms with Gasteiger partial charge in [-0.1, -0.05) is 36.4 Å². The summed E-state index contributed by atoms with van der Waals surface area (Å²) in [5, 5.41) is 9.52. The number of allylic oxidation sites excluding steroid dienone is 2. The second kappa shape index (κ2) is 2.90. The molecule has 0 aromatic heterocycles. The van der Waals surface area contributed by atoms with Crippen molar-refractivity contribution >= 4 is 11.6 Å². The molecule has 0 bridgehead atoms. The van der Waals surface area contributed by atoms with Crippen LogP contribution in [0.3, 0.4) is 0 Å². The Labute approximate surface area is 99.5 Å². The van der Waals surface area contributed by atoms with Crippen LogP contribution >= 0.6 is 0 Å². The van der Waals surface area contributed by atoms with Gasteiger partial charge in [-0.05, 0) is 28.8 Å². The fourth-order valence-electron chi connectivity index (χ4n) is 2.97. The van der Waals surface area contributed by atoms with E-state index in [-0.39, 0.29) is 11.5 Å². The lowest BCUT2D eigenvalue weighted by Crippen LogP contribution is -2.51. The summed E-state index contributed by atoms with van der Waals surface area (Å²) in [6.07, 6.45) is 10.8. The van der Waals surface area contributed by atoms with E-state index < -0.39 is 0 Å². The zero-order valence-electron chi connectivity index (χ0n) is 9.26. The van der Waals surface area contributed by atoms with Crippen LogP contribution in [0.5, 0.6) is 5.75 Å². The van der Waals surface area contributed by atoms with Crippen molar-refractivity contribution in [2.45, 2.75) is 6.10 Å². The molecule has 2 unspecified atom stereocenters. The maximum atomic E-state index is 9.52. The van der Waals surface area contributed by atoms with Gasteiger partial charge >= 0.3 is 0 Å². The van der Waals surface area contributed by atoms with Gasteiger partial charge < -0.3 is 9.84 Å². The zero-order valence-corrected chi connectivity index (χ0v) is 9.26. The highest BCUT2D eigenvalue weighted by atomic mass is 16.5. The van der Waals surface area contributed by atoms with E-state index in [2.05, 4.69) is 30.4 Å². The molecular formula is C15H12O2. The molecule has 84 valence electrons. The molecule has 4 rings (SSSR count). The Bertz CT molecular complexity index is 595. The Morgan fingerprint density at radius 1 is 1.35 bits per heavy atom. The summed E-state index contributed by atoms with van der Waals surface area (Å²) in [5.41, 5.74) is 3.65. The van der Waals surface area contributed by atoms with Gasteiger partial charge in [-0.25, -0.2) is 0 Å². The summed E-state index contributed by atoms with van der Waals surface area (Å²) in [4.78, 5) is 0. The van der Waals surface area contributed by atoms with E-state index in [0.717, 1.165) is 12.2 Å². The number of benzene rings is 1. The smallest absolute Gasteiger partial charge is 0.116 e. The zero-order chi connectivity index (χ0) is 11.5. The average molecular weight is 224 g/mol. The van der Waals surface area contributed by atoms with Gasteiger partial charge in [-0.2, -0.15) is 0 Å². The van der Waals surface area contributed by atoms with Gasteiger partial charge in [0, 0.05) is 0 Å². The molecule has 1 heterocycles. The van der Waals surface area contributed by atoms with E-state index in [9.17, 15) is 5.11 Å². The van der Waals surface area contributed by atoms with Crippen LogP contribution in [0.1, 0.15) is 11.1 Å². The molecule has 1 aromatic rings. The standard InChI is InChI=1S/C15H12O2/c16-11-4-5-12-10(8-11)6-7-15-9-17-14(15)3-1-2-13(12)15/h1-8,14,16H,9H2. The van der Waals surface area contributed by atoms with Gasteiger partial charge in [0.25, 0.3) is 0 Å². The van der Waals surface area contributed by atoms with Crippen molar-refractivity contribution in [3.8, 4) is 5.75 Å². The van der Waals surface area contributed by atoms with Crippen LogP contribution in [-0.2, 0) is 4.74 Å². The van der Waals surface area contributed by atoms with Gasteiger partial charge in [0.15, 0.2) is 0 Å². The number of fused-ring (bicyclic) bond motifs is 2. The van der Waals surface area contributed by atoms with Crippen LogP contribution < -0.4 is 0 Å². The fraction of sp³-hybridized carbons (Fsp3) is 0.200. The maximum Gasteiger partial charge on any atom is 0.116 e. The summed E-state index contributed by atoms with van der Waals surface area (Å²) < 4.78 is 5.61. The molecule has 2 atom stereocenters. The molecule has 2 nitrogen and oxygen atoms in total. The maximum absolute atomic E-state index is 9.52. The van der Waals surface area contributed by atoms with Gasteiger partial charge in [0.1, 0.15) is 5.75 Å². The minimum atomic E-state index is 0.0404. The summed E-state index contributed by atoms with van der Waals surface area (Å²) in [6.45, 7) is 0.755. The van der Waals surface area contributed by atoms with E-state index >= 15 is 0 Å². The first-order valence-electron chi connectivity index (χ1n) is 5.83. The van der Waals surface area contributed by atoms with Crippen molar-refractivity contribution < 1.29 is 9.84 Å². The number of rotatable bonds is 0. The largest absolute Gasteiger partial charge is 0.508 e. The summed E-state index contributed by atoms with van der Waals surface area (Å²) in [5.74, 6) is 0.317. The molecule has 2 heteroatoms. The normalized spacial score (nSPS) is 32.0. The number of hydrogen-bond acceptors (Lipinski definition) is 2. The van der Waals surface area contributed by atoms with E-state index in [0.29, 0.717) is 5.75 Å². The first-order chi connectivity index (χ1) is 8.29. The number of ether oxygens (including phenoxy) is 1. The van der Waals surface area contributed by atoms with Gasteiger partial charge in [-0.3, -0.25) is 0 Å². The average Bonchev–Trinajstić information content (AvgIpc) is 2.31. The van der Waals surface area contributed by atoms with Crippen LogP contribution in [0.15, 0.2) is 42.5 Å². The summed E-state index contributed by atoms with van der Waals surface area (Å²) in [7, 11) is 0. The van der Waals surface area contributed by atoms with Crippen molar-refractivity contribution in [1.29, 1.82) is 0 Å². The van der Waals surface area contributed by atoms with Crippen molar-refractivity contribution in [3.05, 3.63) is 53.6 Å². The Kier molecular flexibility index (Phi) is 1.58. The van der Waals surface area contributed by atoms with Gasteiger partial charge in [0.05, 0.1) is 18.1 Å². The SMILES string of the molecule is Oc1ccc2c(c1)C=CC13COC1C=CC=C23. The van der Waals surface area contributed by atoms with E-state index in [1.807, 2.05) is 12.1 Å². The third kappa shape index (κ3) is 1.03. The minimum absolute atomic E-state index is 0.0404. The monoisotopic (exact) mass is 224 g/mol. The van der Waals surface area contributed by atoms with E-state index in [1.54, 1.807) is 6.07 Å². The second-order valence-corrected chi connectivity index (χ2v) is 4.84. The van der Waals surface area contributed by atoms with Gasteiger partial charge in [0.2, 0.25) is 0 Å². The molecule has 2 aliphatic carbocycles. The van der Waals surface area contributed by atoms with Crippen molar-refractivity contribution in [2.24, 2.45) is 5.41 Å². The van der Waals surface area contributed by atoms with Crippen LogP contribution in [0, 0.1) is 5.41 Å². The predicted molar refractivity (Wildman–Crippen MR) is 66.4 cm³/mol. The Morgan fingerprint density at radius 3 is 3.12 bits per heavy atom. The molecule has 17 heavy (non-hydrogen) atoms. The highest BCUT2D eigenvalue weighted by Gasteiger charge is 2.50. The third-order valence-corrected chi connectivity index (χ3v) is 3.95. The number of aromatic hydroxyl groups is 1. The molecule has 1 aliphatic heterocycles. The molecule has 1 N–H and O–H groups in total. The topological polar surface area (TPSA) is 29.5 Å². The molecular weight excluding hydrogens is 212 g/mol. The summed E-state index contributed by atoms with van der Waals surface area (Å²) >= 11 is 0. The molecule has 0 amide bonds. The molecule has 1 fully saturated rings. The summed E-state index contributed by atoms with van der Waals surface area (Å²) in [6, 6.07) is 5.56. The Balaban J connectivity index is 1.97. The first kappa shape index (κ1) is 9.25. The van der Waals surface area contributed by atoms with Crippen LogP contribution in [-0.4, -0.2) is 17.8 Å². The van der Waals surface area contributed by atoms with Gasteiger partial charge in [-0.15, -0.1) is 0 Å². The number of hydrogen-bond donors (Lipinski definition) is 1. The highest BCUT2D eigenvalue weighted by molar-refractivity contribution is 5.86. The van der Waals surface area contributed by atoms with Crippen LogP contribution in [0.25, 0.3) is 11.6 Å². The lowest BCUT2D eigenvalue weighted by atomic mass is 9.64. The predicted octanol–water partition coefficient (Wildman–Crippen LogP) is 2.76. The quantitative estimate of drug-likeness (QED) is 0.734. The molecule has 1 spiro atoms. The number of phenolic OH excluding ortho intramolecular Hbond substituents is 1. The van der Waals surface area contributed by atoms with Crippen LogP contribution in [0.4, 0.5) is 0 Å². The highest BCUT2D eigenvalue weighted by Crippen LogP contribution is 2.53. The third-order valence-electron chi connectivity index (χ3n) is 3.95. The van der Waals surface area contributed by atoms with Crippen molar-refractivity contribution in [1.82, 2.24) is 0 Å². The lowest BCUT2D eigenvalue weighted by Gasteiger charge is -2.50. The first-order valence-corrected chi connectivity index (χ1v) is 5.83. The fourth-order valence-corrected chi connectivity index (χ4v) is 2.97. The Hall–Kier alpha value is -1.80. The van der Waals surface area contributed by atoms with E-state index in [4.69, 9.17) is 4.74 Å². The lowest BCUT2D eigenvalue weighted by molar-refractivity contribution is -0.101. The second-order valence-electron chi connectivity index (χ2n) is 4.84. The number of phenols is 1. The van der Waals surface area contributed by atoms with Crippen molar-refractivity contribution in [3.63, 3.8) is 0 Å². The van der Waals surface area contributed by atoms with Crippen LogP contribution in [0.2, 0.25) is 0 Å². The minimum Gasteiger partial charge on any atom is -0.508 e. The van der Waals surface area contributed by atoms with Crippen molar-refractivity contribution in [2.75, 3.05) is 6.61 Å². The Morgan fingerprint density at radius 2 is 2.29 bits per heavy atom. The molecule has 0 saturated carbocycles. The van der Waals surface area contributed by atoms with E-state index in [1.165, 1.54) is 11.1 Å². The molecule has 0 radical (unpaired) electrons. The molecule has 1 saturated heterocycles.